The zero-order chi connectivity index (χ0) is 15.3. The first-order valence-corrected chi connectivity index (χ1v) is 7.95. The Balaban J connectivity index is 1.97. The lowest BCUT2D eigenvalue weighted by Gasteiger charge is -2.32. The van der Waals surface area contributed by atoms with Gasteiger partial charge in [-0.3, -0.25) is 0 Å². The predicted molar refractivity (Wildman–Crippen MR) is 90.2 cm³/mol. The van der Waals surface area contributed by atoms with Crippen LogP contribution in [0.1, 0.15) is 35.4 Å². The number of para-hydroxylation sites is 1. The summed E-state index contributed by atoms with van der Waals surface area (Å²) in [4.78, 5) is 0. The lowest BCUT2D eigenvalue weighted by Crippen LogP contribution is -2.29. The van der Waals surface area contributed by atoms with Gasteiger partial charge in [0.05, 0.1) is 11.8 Å². The molecule has 0 unspecified atom stereocenters. The van der Waals surface area contributed by atoms with Gasteiger partial charge < -0.3 is 9.30 Å². The molecule has 0 spiro atoms. The third-order valence-corrected chi connectivity index (χ3v) is 4.68. The Labute approximate surface area is 131 Å². The van der Waals surface area contributed by atoms with Crippen molar-refractivity contribution < 1.29 is 4.74 Å². The fraction of sp³-hybridized carbons (Fsp3) is 0.300. The van der Waals surface area contributed by atoms with Crippen molar-refractivity contribution in [2.45, 2.75) is 39.5 Å². The quantitative estimate of drug-likeness (QED) is 0.630. The molecular weight excluding hydrogens is 270 g/mol. The Morgan fingerprint density at radius 3 is 2.68 bits per heavy atom. The van der Waals surface area contributed by atoms with E-state index in [9.17, 15) is 0 Å². The second kappa shape index (κ2) is 4.99. The third kappa shape index (κ3) is 1.98. The maximum absolute atomic E-state index is 6.34. The second-order valence-corrected chi connectivity index (χ2v) is 6.38. The molecule has 0 saturated heterocycles. The van der Waals surface area contributed by atoms with Gasteiger partial charge in [0.2, 0.25) is 0 Å². The van der Waals surface area contributed by atoms with E-state index in [4.69, 9.17) is 4.74 Å². The van der Waals surface area contributed by atoms with Gasteiger partial charge in [-0.2, -0.15) is 0 Å². The Hall–Kier alpha value is -2.06. The number of aryl methyl sites for hydroxylation is 2. The van der Waals surface area contributed by atoms with Crippen LogP contribution >= 0.6 is 0 Å². The average molecular weight is 291 g/mol. The lowest BCUT2D eigenvalue weighted by atomic mass is 9.99. The van der Waals surface area contributed by atoms with Crippen LogP contribution in [0.4, 0.5) is 0 Å². The molecule has 4 rings (SSSR count). The minimum atomic E-state index is 0.0241. The first-order chi connectivity index (χ1) is 10.6. The summed E-state index contributed by atoms with van der Waals surface area (Å²) in [6.07, 6.45) is 0.240. The molecule has 0 aliphatic carbocycles. The maximum atomic E-state index is 6.34. The van der Waals surface area contributed by atoms with E-state index in [-0.39, 0.29) is 12.2 Å². The molecule has 0 N–H and O–H groups in total. The lowest BCUT2D eigenvalue weighted by molar-refractivity contribution is -0.0146. The van der Waals surface area contributed by atoms with E-state index in [1.54, 1.807) is 0 Å². The molecule has 2 heteroatoms. The molecular formula is C20H21NO. The molecule has 2 aromatic carbocycles. The van der Waals surface area contributed by atoms with Gasteiger partial charge in [-0.1, -0.05) is 48.0 Å². The van der Waals surface area contributed by atoms with Crippen molar-refractivity contribution in [2.75, 3.05) is 0 Å². The standard InChI is InChI=1S/C20H21NO/c1-13-7-6-8-16(11-13)20-19-15(3)17-9-4-5-10-18(17)21(19)12-14(2)22-20/h4-11,14,20H,12H2,1-3H3/t14-,20+/m0/s1. The van der Waals surface area contributed by atoms with E-state index < -0.39 is 0 Å². The van der Waals surface area contributed by atoms with E-state index in [2.05, 4.69) is 73.9 Å². The van der Waals surface area contributed by atoms with Crippen LogP contribution in [0.3, 0.4) is 0 Å². The predicted octanol–water partition coefficient (Wildman–Crippen LogP) is 4.77. The highest BCUT2D eigenvalue weighted by Crippen LogP contribution is 2.39. The van der Waals surface area contributed by atoms with E-state index in [0.717, 1.165) is 6.54 Å². The Morgan fingerprint density at radius 2 is 1.86 bits per heavy atom. The molecule has 1 aliphatic rings. The smallest absolute Gasteiger partial charge is 0.123 e. The summed E-state index contributed by atoms with van der Waals surface area (Å²) >= 11 is 0. The average Bonchev–Trinajstić information content (AvgIpc) is 2.80. The van der Waals surface area contributed by atoms with Crippen molar-refractivity contribution in [3.8, 4) is 0 Å². The molecule has 2 heterocycles. The van der Waals surface area contributed by atoms with Gasteiger partial charge in [-0.15, -0.1) is 0 Å². The number of hydrogen-bond acceptors (Lipinski definition) is 1. The van der Waals surface area contributed by atoms with E-state index in [0.29, 0.717) is 0 Å². The summed E-state index contributed by atoms with van der Waals surface area (Å²) < 4.78 is 8.79. The highest BCUT2D eigenvalue weighted by molar-refractivity contribution is 5.85. The summed E-state index contributed by atoms with van der Waals surface area (Å²) in [7, 11) is 0. The van der Waals surface area contributed by atoms with Gasteiger partial charge in [0.15, 0.2) is 0 Å². The van der Waals surface area contributed by atoms with Gasteiger partial charge in [-0.05, 0) is 38.0 Å². The van der Waals surface area contributed by atoms with Crippen LogP contribution < -0.4 is 0 Å². The molecule has 0 amide bonds. The van der Waals surface area contributed by atoms with Gasteiger partial charge >= 0.3 is 0 Å². The summed E-state index contributed by atoms with van der Waals surface area (Å²) in [5, 5.41) is 1.34. The minimum Gasteiger partial charge on any atom is -0.362 e. The Kier molecular flexibility index (Phi) is 3.08. The molecule has 0 fully saturated rings. The molecule has 112 valence electrons. The number of nitrogens with zero attached hydrogens (tertiary/aromatic N) is 1. The monoisotopic (exact) mass is 291 g/mol. The first-order valence-electron chi connectivity index (χ1n) is 7.95. The fourth-order valence-corrected chi connectivity index (χ4v) is 3.70. The van der Waals surface area contributed by atoms with Crippen LogP contribution in [0, 0.1) is 13.8 Å². The molecule has 3 aromatic rings. The molecule has 1 aliphatic heterocycles. The molecule has 2 nitrogen and oxygen atoms in total. The summed E-state index contributed by atoms with van der Waals surface area (Å²) in [6.45, 7) is 7.44. The molecule has 1 aromatic heterocycles. The number of benzene rings is 2. The first kappa shape index (κ1) is 13.6. The van der Waals surface area contributed by atoms with Gasteiger partial charge in [0.25, 0.3) is 0 Å². The van der Waals surface area contributed by atoms with Crippen LogP contribution in [-0.2, 0) is 11.3 Å². The Morgan fingerprint density at radius 1 is 1.05 bits per heavy atom. The van der Waals surface area contributed by atoms with Crippen molar-refractivity contribution >= 4 is 10.9 Å². The molecule has 22 heavy (non-hydrogen) atoms. The van der Waals surface area contributed by atoms with Crippen LogP contribution in [0.15, 0.2) is 48.5 Å². The van der Waals surface area contributed by atoms with Crippen molar-refractivity contribution in [3.63, 3.8) is 0 Å². The van der Waals surface area contributed by atoms with Crippen LogP contribution in [-0.4, -0.2) is 10.7 Å². The van der Waals surface area contributed by atoms with Gasteiger partial charge in [-0.25, -0.2) is 0 Å². The number of fused-ring (bicyclic) bond motifs is 3. The van der Waals surface area contributed by atoms with Crippen molar-refractivity contribution in [1.29, 1.82) is 0 Å². The highest BCUT2D eigenvalue weighted by Gasteiger charge is 2.30. The largest absolute Gasteiger partial charge is 0.362 e. The normalized spacial score (nSPS) is 21.0. The van der Waals surface area contributed by atoms with E-state index in [1.165, 1.54) is 33.3 Å². The summed E-state index contributed by atoms with van der Waals surface area (Å²) in [6, 6.07) is 17.4. The number of rotatable bonds is 1. The minimum absolute atomic E-state index is 0.0241. The van der Waals surface area contributed by atoms with Crippen molar-refractivity contribution in [2.24, 2.45) is 0 Å². The van der Waals surface area contributed by atoms with Crippen LogP contribution in [0.2, 0.25) is 0 Å². The van der Waals surface area contributed by atoms with E-state index in [1.807, 2.05) is 0 Å². The topological polar surface area (TPSA) is 14.2 Å². The molecule has 0 saturated carbocycles. The molecule has 2 atom stereocenters. The second-order valence-electron chi connectivity index (χ2n) is 6.38. The third-order valence-electron chi connectivity index (χ3n) is 4.68. The number of hydrogen-bond donors (Lipinski definition) is 0. The van der Waals surface area contributed by atoms with Crippen molar-refractivity contribution in [3.05, 3.63) is 70.9 Å². The molecule has 0 radical (unpaired) electrons. The number of aromatic nitrogens is 1. The van der Waals surface area contributed by atoms with Crippen LogP contribution in [0.5, 0.6) is 0 Å². The highest BCUT2D eigenvalue weighted by atomic mass is 16.5. The van der Waals surface area contributed by atoms with Gasteiger partial charge in [0, 0.05) is 17.4 Å². The zero-order valence-electron chi connectivity index (χ0n) is 13.3. The SMILES string of the molecule is Cc1cccc([C@H]2O[C@@H](C)Cn3c2c(C)c2ccccc23)c1. The van der Waals surface area contributed by atoms with Gasteiger partial charge in [0.1, 0.15) is 6.10 Å². The fourth-order valence-electron chi connectivity index (χ4n) is 3.70. The van der Waals surface area contributed by atoms with Crippen LogP contribution in [0.25, 0.3) is 10.9 Å². The summed E-state index contributed by atoms with van der Waals surface area (Å²) in [5.41, 5.74) is 6.50. The zero-order valence-corrected chi connectivity index (χ0v) is 13.3. The molecule has 0 bridgehead atoms. The summed E-state index contributed by atoms with van der Waals surface area (Å²) in [5.74, 6) is 0. The van der Waals surface area contributed by atoms with Crippen molar-refractivity contribution in [1.82, 2.24) is 4.57 Å². The maximum Gasteiger partial charge on any atom is 0.123 e. The Bertz CT molecular complexity index is 846. The van der Waals surface area contributed by atoms with E-state index >= 15 is 0 Å². The number of ether oxygens (including phenoxy) is 1.